The molecule has 0 aliphatic heterocycles. The van der Waals surface area contributed by atoms with Crippen molar-refractivity contribution in [3.05, 3.63) is 90.5 Å². The zero-order chi connectivity index (χ0) is 15.5. The van der Waals surface area contributed by atoms with Crippen LogP contribution in [0.25, 0.3) is 28.0 Å². The molecule has 22 heavy (non-hydrogen) atoms. The Hall–Kier alpha value is -2.80. The number of hydrogen-bond acceptors (Lipinski definition) is 1. The smallest absolute Gasteiger partial charge is 0.0315 e. The zero-order valence-electron chi connectivity index (χ0n) is 12.7. The number of hydrogen-bond donors (Lipinski definition) is 1. The van der Waals surface area contributed by atoms with E-state index >= 15 is 0 Å². The van der Waals surface area contributed by atoms with E-state index in [-0.39, 0.29) is 0 Å². The van der Waals surface area contributed by atoms with E-state index < -0.39 is 0 Å². The van der Waals surface area contributed by atoms with Crippen LogP contribution in [0.3, 0.4) is 0 Å². The van der Waals surface area contributed by atoms with Gasteiger partial charge in [-0.05, 0) is 52.4 Å². The van der Waals surface area contributed by atoms with E-state index in [1.165, 1.54) is 27.8 Å². The van der Waals surface area contributed by atoms with Gasteiger partial charge in [-0.3, -0.25) is 0 Å². The molecule has 0 saturated heterocycles. The molecule has 1 nitrogen and oxygen atoms in total. The zero-order valence-corrected chi connectivity index (χ0v) is 12.7. The third-order valence-corrected chi connectivity index (χ3v) is 3.95. The molecule has 0 radical (unpaired) electrons. The molecule has 3 rings (SSSR count). The van der Waals surface area contributed by atoms with Crippen molar-refractivity contribution in [3.63, 3.8) is 0 Å². The average Bonchev–Trinajstić information content (AvgIpc) is 2.56. The summed E-state index contributed by atoms with van der Waals surface area (Å²) in [5.41, 5.74) is 13.6. The lowest BCUT2D eigenvalue weighted by Crippen LogP contribution is -1.98. The van der Waals surface area contributed by atoms with Gasteiger partial charge in [-0.25, -0.2) is 0 Å². The number of rotatable bonds is 3. The van der Waals surface area contributed by atoms with Gasteiger partial charge in [0.2, 0.25) is 0 Å². The van der Waals surface area contributed by atoms with Gasteiger partial charge in [0.25, 0.3) is 0 Å². The third kappa shape index (κ3) is 2.66. The molecule has 0 heterocycles. The molecule has 0 bridgehead atoms. The van der Waals surface area contributed by atoms with Crippen LogP contribution in [0.15, 0.2) is 79.4 Å². The molecular weight excluding hydrogens is 266 g/mol. The summed E-state index contributed by atoms with van der Waals surface area (Å²) in [6.45, 7) is 6.06. The maximum Gasteiger partial charge on any atom is 0.0315 e. The molecule has 0 atom stereocenters. The van der Waals surface area contributed by atoms with E-state index in [0.717, 1.165) is 5.56 Å². The molecule has 0 unspecified atom stereocenters. The van der Waals surface area contributed by atoms with Gasteiger partial charge in [0, 0.05) is 5.70 Å². The van der Waals surface area contributed by atoms with E-state index in [4.69, 9.17) is 5.73 Å². The Kier molecular flexibility index (Phi) is 3.80. The highest BCUT2D eigenvalue weighted by atomic mass is 14.6. The van der Waals surface area contributed by atoms with Crippen LogP contribution in [-0.4, -0.2) is 0 Å². The first kappa shape index (κ1) is 14.2. The fourth-order valence-electron chi connectivity index (χ4n) is 2.73. The summed E-state index contributed by atoms with van der Waals surface area (Å²) in [5.74, 6) is 0. The minimum Gasteiger partial charge on any atom is -0.399 e. The molecule has 108 valence electrons. The van der Waals surface area contributed by atoms with Gasteiger partial charge in [-0.2, -0.15) is 0 Å². The van der Waals surface area contributed by atoms with Gasteiger partial charge < -0.3 is 5.73 Å². The van der Waals surface area contributed by atoms with Crippen LogP contribution in [0.2, 0.25) is 0 Å². The lowest BCUT2D eigenvalue weighted by molar-refractivity contribution is 1.42. The minimum atomic E-state index is 0.592. The summed E-state index contributed by atoms with van der Waals surface area (Å²) < 4.78 is 0. The van der Waals surface area contributed by atoms with Crippen molar-refractivity contribution in [2.45, 2.75) is 6.92 Å². The second-order valence-electron chi connectivity index (χ2n) is 5.45. The molecular formula is C21H19N. The second-order valence-corrected chi connectivity index (χ2v) is 5.45. The van der Waals surface area contributed by atoms with E-state index in [9.17, 15) is 0 Å². The van der Waals surface area contributed by atoms with Crippen molar-refractivity contribution in [1.29, 1.82) is 0 Å². The molecule has 0 saturated carbocycles. The average molecular weight is 285 g/mol. The van der Waals surface area contributed by atoms with Crippen LogP contribution < -0.4 is 5.73 Å². The van der Waals surface area contributed by atoms with Crippen LogP contribution in [0.1, 0.15) is 11.1 Å². The van der Waals surface area contributed by atoms with Crippen molar-refractivity contribution < 1.29 is 0 Å². The van der Waals surface area contributed by atoms with Crippen LogP contribution in [-0.2, 0) is 0 Å². The van der Waals surface area contributed by atoms with Gasteiger partial charge in [0.1, 0.15) is 0 Å². The summed E-state index contributed by atoms with van der Waals surface area (Å²) in [5, 5.41) is 0. The highest BCUT2D eigenvalue weighted by Gasteiger charge is 2.11. The van der Waals surface area contributed by atoms with Crippen LogP contribution >= 0.6 is 0 Å². The second kappa shape index (κ2) is 5.90. The lowest BCUT2D eigenvalue weighted by Gasteiger charge is -2.15. The standard InChI is InChI=1S/C21H19N/c1-15-20(17-9-5-3-6-10-17)13-19(16(2)22)14-21(15)18-11-7-4-8-12-18/h3-14H,2,22H2,1H3. The topological polar surface area (TPSA) is 26.0 Å². The Morgan fingerprint density at radius 2 is 1.18 bits per heavy atom. The summed E-state index contributed by atoms with van der Waals surface area (Å²) >= 11 is 0. The van der Waals surface area contributed by atoms with Crippen molar-refractivity contribution in [2.75, 3.05) is 0 Å². The first-order valence-corrected chi connectivity index (χ1v) is 7.37. The molecule has 0 aromatic heterocycles. The van der Waals surface area contributed by atoms with Crippen molar-refractivity contribution in [1.82, 2.24) is 0 Å². The fraction of sp³-hybridized carbons (Fsp3) is 0.0476. The fourth-order valence-corrected chi connectivity index (χ4v) is 2.73. The van der Waals surface area contributed by atoms with Crippen LogP contribution in [0.5, 0.6) is 0 Å². The van der Waals surface area contributed by atoms with Gasteiger partial charge in [-0.1, -0.05) is 67.2 Å². The first-order chi connectivity index (χ1) is 10.7. The first-order valence-electron chi connectivity index (χ1n) is 7.37. The van der Waals surface area contributed by atoms with E-state index in [1.54, 1.807) is 0 Å². The van der Waals surface area contributed by atoms with E-state index in [2.05, 4.69) is 74.2 Å². The third-order valence-electron chi connectivity index (χ3n) is 3.95. The van der Waals surface area contributed by atoms with E-state index in [0.29, 0.717) is 5.70 Å². The normalized spacial score (nSPS) is 10.4. The van der Waals surface area contributed by atoms with Gasteiger partial charge in [0.05, 0.1) is 0 Å². The summed E-state index contributed by atoms with van der Waals surface area (Å²) in [6.07, 6.45) is 0. The largest absolute Gasteiger partial charge is 0.399 e. The van der Waals surface area contributed by atoms with Crippen molar-refractivity contribution in [3.8, 4) is 22.3 Å². The Bertz CT molecular complexity index is 741. The summed E-state index contributed by atoms with van der Waals surface area (Å²) in [7, 11) is 0. The summed E-state index contributed by atoms with van der Waals surface area (Å²) in [4.78, 5) is 0. The Morgan fingerprint density at radius 3 is 1.55 bits per heavy atom. The molecule has 0 amide bonds. The maximum atomic E-state index is 5.96. The van der Waals surface area contributed by atoms with Gasteiger partial charge >= 0.3 is 0 Å². The number of benzene rings is 3. The Morgan fingerprint density at radius 1 is 0.773 bits per heavy atom. The van der Waals surface area contributed by atoms with Crippen molar-refractivity contribution in [2.24, 2.45) is 5.73 Å². The quantitative estimate of drug-likeness (QED) is 0.698. The lowest BCUT2D eigenvalue weighted by atomic mass is 9.90. The predicted octanol–water partition coefficient (Wildman–Crippen LogP) is 5.26. The highest BCUT2D eigenvalue weighted by molar-refractivity contribution is 5.82. The van der Waals surface area contributed by atoms with Gasteiger partial charge in [-0.15, -0.1) is 0 Å². The van der Waals surface area contributed by atoms with Crippen LogP contribution in [0.4, 0.5) is 0 Å². The molecule has 1 heteroatoms. The molecule has 3 aromatic rings. The molecule has 0 spiro atoms. The summed E-state index contributed by atoms with van der Waals surface area (Å²) in [6, 6.07) is 25.0. The Balaban J connectivity index is 2.27. The minimum absolute atomic E-state index is 0.592. The van der Waals surface area contributed by atoms with Crippen LogP contribution in [0, 0.1) is 6.92 Å². The SMILES string of the molecule is C=C(N)c1cc(-c2ccccc2)c(C)c(-c2ccccc2)c1. The monoisotopic (exact) mass is 285 g/mol. The number of nitrogens with two attached hydrogens (primary N) is 1. The molecule has 2 N–H and O–H groups in total. The molecule has 0 aliphatic carbocycles. The molecule has 3 aromatic carbocycles. The maximum absolute atomic E-state index is 5.96. The van der Waals surface area contributed by atoms with E-state index in [1.807, 2.05) is 12.1 Å². The molecule has 0 aliphatic rings. The van der Waals surface area contributed by atoms with Crippen molar-refractivity contribution >= 4 is 5.70 Å². The highest BCUT2D eigenvalue weighted by Crippen LogP contribution is 2.34. The van der Waals surface area contributed by atoms with Gasteiger partial charge in [0.15, 0.2) is 0 Å². The molecule has 0 fully saturated rings. The Labute approximate surface area is 131 Å². The predicted molar refractivity (Wildman–Crippen MR) is 95.3 cm³/mol.